The van der Waals surface area contributed by atoms with Crippen LogP contribution in [0.3, 0.4) is 0 Å². The van der Waals surface area contributed by atoms with Gasteiger partial charge in [-0.15, -0.1) is 0 Å². The number of non-ortho nitro benzene ring substituents is 1. The lowest BCUT2D eigenvalue weighted by molar-refractivity contribution is -0.384. The fraction of sp³-hybridized carbons (Fsp3) is 0.200. The Kier molecular flexibility index (Phi) is 4.43. The summed E-state index contributed by atoms with van der Waals surface area (Å²) in [6, 6.07) is 9.05. The first-order chi connectivity index (χ1) is 9.88. The lowest BCUT2D eigenvalue weighted by atomic mass is 10.1. The fourth-order valence-corrected chi connectivity index (χ4v) is 2.14. The number of nitro benzene ring substituents is 1. The minimum absolute atomic E-state index is 0.0447. The van der Waals surface area contributed by atoms with Crippen LogP contribution in [-0.4, -0.2) is 4.92 Å². The molecule has 0 bridgehead atoms. The molecule has 0 heterocycles. The van der Waals surface area contributed by atoms with Crippen LogP contribution in [0, 0.1) is 22.9 Å². The number of aryl methyl sites for hydroxylation is 1. The van der Waals surface area contributed by atoms with Gasteiger partial charge >= 0.3 is 0 Å². The summed E-state index contributed by atoms with van der Waals surface area (Å²) in [5, 5.41) is 14.0. The highest BCUT2D eigenvalue weighted by molar-refractivity contribution is 6.30. The number of halogens is 2. The maximum Gasteiger partial charge on any atom is 0.269 e. The predicted molar refractivity (Wildman–Crippen MR) is 81.3 cm³/mol. The Morgan fingerprint density at radius 3 is 2.57 bits per heavy atom. The van der Waals surface area contributed by atoms with Crippen molar-refractivity contribution in [1.82, 2.24) is 0 Å². The van der Waals surface area contributed by atoms with Crippen molar-refractivity contribution in [3.05, 3.63) is 68.5 Å². The monoisotopic (exact) mass is 308 g/mol. The number of hydrogen-bond donors (Lipinski definition) is 1. The molecule has 0 spiro atoms. The molecule has 0 saturated heterocycles. The number of hydrogen-bond acceptors (Lipinski definition) is 3. The molecule has 2 rings (SSSR count). The Morgan fingerprint density at radius 1 is 1.29 bits per heavy atom. The van der Waals surface area contributed by atoms with Gasteiger partial charge in [-0.3, -0.25) is 10.1 Å². The first-order valence-corrected chi connectivity index (χ1v) is 6.73. The molecule has 21 heavy (non-hydrogen) atoms. The Balaban J connectivity index is 2.21. The summed E-state index contributed by atoms with van der Waals surface area (Å²) in [5.41, 5.74) is 2.31. The topological polar surface area (TPSA) is 55.2 Å². The van der Waals surface area contributed by atoms with E-state index in [-0.39, 0.29) is 16.8 Å². The van der Waals surface area contributed by atoms with Crippen LogP contribution in [0.15, 0.2) is 36.4 Å². The van der Waals surface area contributed by atoms with E-state index in [0.717, 1.165) is 16.8 Å². The van der Waals surface area contributed by atoms with Crippen molar-refractivity contribution in [3.63, 3.8) is 0 Å². The van der Waals surface area contributed by atoms with Gasteiger partial charge in [-0.1, -0.05) is 17.7 Å². The van der Waals surface area contributed by atoms with E-state index in [1.165, 1.54) is 24.3 Å². The first-order valence-electron chi connectivity index (χ1n) is 6.35. The minimum Gasteiger partial charge on any atom is -0.378 e. The summed E-state index contributed by atoms with van der Waals surface area (Å²) in [7, 11) is 0. The van der Waals surface area contributed by atoms with Gasteiger partial charge in [-0.2, -0.15) is 0 Å². The molecule has 2 aromatic carbocycles. The van der Waals surface area contributed by atoms with Gasteiger partial charge in [-0.25, -0.2) is 4.39 Å². The zero-order chi connectivity index (χ0) is 15.6. The average molecular weight is 309 g/mol. The molecule has 0 aromatic heterocycles. The third-order valence-electron chi connectivity index (χ3n) is 3.24. The minimum atomic E-state index is -0.469. The molecule has 0 saturated carbocycles. The van der Waals surface area contributed by atoms with E-state index < -0.39 is 10.7 Å². The molecule has 2 aromatic rings. The molecule has 0 fully saturated rings. The summed E-state index contributed by atoms with van der Waals surface area (Å²) in [5.74, 6) is -0.469. The molecule has 1 atom stereocenters. The van der Waals surface area contributed by atoms with Crippen LogP contribution in [0.4, 0.5) is 15.8 Å². The van der Waals surface area contributed by atoms with Crippen molar-refractivity contribution in [1.29, 1.82) is 0 Å². The van der Waals surface area contributed by atoms with E-state index in [1.54, 1.807) is 19.1 Å². The van der Waals surface area contributed by atoms with E-state index >= 15 is 0 Å². The average Bonchev–Trinajstić information content (AvgIpc) is 2.43. The van der Waals surface area contributed by atoms with Crippen LogP contribution in [0.2, 0.25) is 5.02 Å². The van der Waals surface area contributed by atoms with Crippen molar-refractivity contribution in [2.24, 2.45) is 0 Å². The van der Waals surface area contributed by atoms with E-state index in [0.29, 0.717) is 0 Å². The maximum absolute atomic E-state index is 13.5. The molecule has 1 N–H and O–H groups in total. The smallest absolute Gasteiger partial charge is 0.269 e. The van der Waals surface area contributed by atoms with Crippen LogP contribution in [0.1, 0.15) is 24.1 Å². The molecule has 4 nitrogen and oxygen atoms in total. The van der Waals surface area contributed by atoms with Crippen molar-refractivity contribution >= 4 is 23.0 Å². The highest BCUT2D eigenvalue weighted by Gasteiger charge is 2.12. The third-order valence-corrected chi connectivity index (χ3v) is 3.54. The standard InChI is InChI=1S/C15H14ClFN2O2/c1-9-7-12(19(20)21)4-6-15(9)18-10(2)11-3-5-13(16)14(17)8-11/h3-8,10,18H,1-2H3. The number of benzene rings is 2. The van der Waals surface area contributed by atoms with Crippen LogP contribution >= 0.6 is 11.6 Å². The van der Waals surface area contributed by atoms with Crippen molar-refractivity contribution in [2.45, 2.75) is 19.9 Å². The second-order valence-electron chi connectivity index (χ2n) is 4.80. The van der Waals surface area contributed by atoms with E-state index in [1.807, 2.05) is 6.92 Å². The summed E-state index contributed by atoms with van der Waals surface area (Å²) in [4.78, 5) is 10.3. The molecule has 0 aliphatic carbocycles. The van der Waals surface area contributed by atoms with Gasteiger partial charge in [0.05, 0.1) is 9.95 Å². The SMILES string of the molecule is Cc1cc([N+](=O)[O-])ccc1NC(C)c1ccc(Cl)c(F)c1. The maximum atomic E-state index is 13.5. The Hall–Kier alpha value is -2.14. The highest BCUT2D eigenvalue weighted by atomic mass is 35.5. The second kappa shape index (κ2) is 6.10. The normalized spacial score (nSPS) is 12.0. The number of anilines is 1. The summed E-state index contributed by atoms with van der Waals surface area (Å²) >= 11 is 5.66. The Bertz CT molecular complexity index is 691. The van der Waals surface area contributed by atoms with E-state index in [9.17, 15) is 14.5 Å². The van der Waals surface area contributed by atoms with E-state index in [4.69, 9.17) is 11.6 Å². The van der Waals surface area contributed by atoms with Gasteiger partial charge in [0.1, 0.15) is 5.82 Å². The number of nitrogens with zero attached hydrogens (tertiary/aromatic N) is 1. The zero-order valence-corrected chi connectivity index (χ0v) is 12.3. The van der Waals surface area contributed by atoms with Gasteiger partial charge in [0.25, 0.3) is 5.69 Å². The molecular formula is C15H14ClFN2O2. The van der Waals surface area contributed by atoms with Gasteiger partial charge in [-0.05, 0) is 43.2 Å². The number of nitrogens with one attached hydrogen (secondary N) is 1. The summed E-state index contributed by atoms with van der Waals surface area (Å²) in [6.07, 6.45) is 0. The molecule has 0 aliphatic heterocycles. The van der Waals surface area contributed by atoms with Crippen molar-refractivity contribution in [2.75, 3.05) is 5.32 Å². The van der Waals surface area contributed by atoms with Gasteiger partial charge in [0.2, 0.25) is 0 Å². The van der Waals surface area contributed by atoms with E-state index in [2.05, 4.69) is 5.32 Å². The third kappa shape index (κ3) is 3.49. The predicted octanol–water partition coefficient (Wildman–Crippen LogP) is 4.87. The summed E-state index contributed by atoms with van der Waals surface area (Å²) in [6.45, 7) is 3.66. The lowest BCUT2D eigenvalue weighted by Crippen LogP contribution is -2.08. The summed E-state index contributed by atoms with van der Waals surface area (Å²) < 4.78 is 13.5. The molecule has 0 radical (unpaired) electrons. The van der Waals surface area contributed by atoms with Crippen LogP contribution < -0.4 is 5.32 Å². The van der Waals surface area contributed by atoms with Crippen LogP contribution in [0.25, 0.3) is 0 Å². The fourth-order valence-electron chi connectivity index (χ4n) is 2.02. The van der Waals surface area contributed by atoms with Crippen molar-refractivity contribution in [3.8, 4) is 0 Å². The Morgan fingerprint density at radius 2 is 2.00 bits per heavy atom. The molecule has 1 unspecified atom stereocenters. The molecule has 0 amide bonds. The molecular weight excluding hydrogens is 295 g/mol. The highest BCUT2D eigenvalue weighted by Crippen LogP contribution is 2.27. The Labute approximate surface area is 126 Å². The zero-order valence-electron chi connectivity index (χ0n) is 11.6. The quantitative estimate of drug-likeness (QED) is 0.647. The lowest BCUT2D eigenvalue weighted by Gasteiger charge is -2.17. The van der Waals surface area contributed by atoms with Gasteiger partial charge in [0, 0.05) is 23.9 Å². The van der Waals surface area contributed by atoms with Crippen LogP contribution in [0.5, 0.6) is 0 Å². The number of nitro groups is 1. The molecule has 110 valence electrons. The largest absolute Gasteiger partial charge is 0.378 e. The first kappa shape index (κ1) is 15.3. The van der Waals surface area contributed by atoms with Crippen molar-refractivity contribution < 1.29 is 9.31 Å². The van der Waals surface area contributed by atoms with Crippen LogP contribution in [-0.2, 0) is 0 Å². The molecule has 0 aliphatic rings. The molecule has 6 heteroatoms. The second-order valence-corrected chi connectivity index (χ2v) is 5.20. The van der Waals surface area contributed by atoms with Gasteiger partial charge in [0.15, 0.2) is 0 Å². The van der Waals surface area contributed by atoms with Gasteiger partial charge < -0.3 is 5.32 Å². The number of rotatable bonds is 4.